The Morgan fingerprint density at radius 2 is 1.75 bits per heavy atom. The van der Waals surface area contributed by atoms with Gasteiger partial charge in [-0.25, -0.2) is 4.98 Å². The maximum Gasteiger partial charge on any atom is 0.416 e. The second-order valence-electron chi connectivity index (χ2n) is 7.00. The third kappa shape index (κ3) is 4.38. The van der Waals surface area contributed by atoms with Crippen LogP contribution in [0.3, 0.4) is 0 Å². The third-order valence-electron chi connectivity index (χ3n) is 4.92. The summed E-state index contributed by atoms with van der Waals surface area (Å²) in [7, 11) is 1.60. The third-order valence-corrected chi connectivity index (χ3v) is 6.03. The number of nitrogens with zero attached hydrogens (tertiary/aromatic N) is 1. The fourth-order valence-electron chi connectivity index (χ4n) is 3.16. The second-order valence-corrected chi connectivity index (χ2v) is 8.00. The molecule has 0 aliphatic heterocycles. The molecule has 0 saturated heterocycles. The normalized spacial score (nSPS) is 11.5. The summed E-state index contributed by atoms with van der Waals surface area (Å²) in [6, 6.07) is 15.7. The molecule has 0 saturated carbocycles. The van der Waals surface area contributed by atoms with Crippen molar-refractivity contribution in [2.24, 2.45) is 0 Å². The average molecular weight is 457 g/mol. The number of rotatable bonds is 5. The monoisotopic (exact) mass is 457 g/mol. The number of amides is 1. The summed E-state index contributed by atoms with van der Waals surface area (Å²) in [4.78, 5) is 18.2. The Morgan fingerprint density at radius 3 is 2.38 bits per heavy atom. The number of alkyl halides is 3. The van der Waals surface area contributed by atoms with Gasteiger partial charge in [0.25, 0.3) is 5.91 Å². The number of anilines is 1. The zero-order valence-electron chi connectivity index (χ0n) is 16.9. The number of nitrogens with one attached hydrogen (secondary N) is 1. The number of nitrogens with two attached hydrogens (primary N) is 1. The first kappa shape index (κ1) is 21.6. The quantitative estimate of drug-likeness (QED) is 0.415. The van der Waals surface area contributed by atoms with Gasteiger partial charge in [-0.2, -0.15) is 13.2 Å². The van der Waals surface area contributed by atoms with Crippen molar-refractivity contribution in [3.05, 3.63) is 76.7 Å². The van der Waals surface area contributed by atoms with Crippen molar-refractivity contribution in [1.82, 2.24) is 10.3 Å². The summed E-state index contributed by atoms with van der Waals surface area (Å²) in [6.45, 7) is 0.0786. The Bertz CT molecular complexity index is 1270. The molecular formula is C23H18F3N3O2S. The van der Waals surface area contributed by atoms with Crippen molar-refractivity contribution in [2.75, 3.05) is 12.8 Å². The van der Waals surface area contributed by atoms with Gasteiger partial charge in [-0.05, 0) is 54.1 Å². The van der Waals surface area contributed by atoms with E-state index in [9.17, 15) is 18.0 Å². The molecule has 0 spiro atoms. The number of nitrogen functional groups attached to an aromatic ring is 1. The minimum absolute atomic E-state index is 0.0786. The zero-order valence-corrected chi connectivity index (χ0v) is 17.7. The molecule has 5 nitrogen and oxygen atoms in total. The highest BCUT2D eigenvalue weighted by atomic mass is 32.1. The summed E-state index contributed by atoms with van der Waals surface area (Å²) in [5, 5.41) is 3.38. The number of thiophene rings is 1. The number of halogens is 3. The Balaban J connectivity index is 1.52. The lowest BCUT2D eigenvalue weighted by Gasteiger charge is -2.08. The first-order valence-electron chi connectivity index (χ1n) is 9.54. The van der Waals surface area contributed by atoms with Crippen LogP contribution in [0.25, 0.3) is 21.5 Å². The van der Waals surface area contributed by atoms with E-state index in [0.717, 1.165) is 29.1 Å². The van der Waals surface area contributed by atoms with Gasteiger partial charge in [0.15, 0.2) is 0 Å². The molecule has 0 unspecified atom stereocenters. The number of hydrogen-bond acceptors (Lipinski definition) is 5. The van der Waals surface area contributed by atoms with Crippen LogP contribution in [0.4, 0.5) is 18.9 Å². The fourth-order valence-corrected chi connectivity index (χ4v) is 4.17. The highest BCUT2D eigenvalue weighted by molar-refractivity contribution is 7.21. The summed E-state index contributed by atoms with van der Waals surface area (Å²) in [5.74, 6) is 0.332. The van der Waals surface area contributed by atoms with Gasteiger partial charge in [-0.3, -0.25) is 4.79 Å². The molecule has 0 radical (unpaired) electrons. The van der Waals surface area contributed by atoms with Crippen LogP contribution in [0.1, 0.15) is 20.8 Å². The topological polar surface area (TPSA) is 77.2 Å². The Kier molecular flexibility index (Phi) is 5.75. The lowest BCUT2D eigenvalue weighted by atomic mass is 10.1. The van der Waals surface area contributed by atoms with Gasteiger partial charge in [0.05, 0.1) is 24.1 Å². The molecule has 3 N–H and O–H groups in total. The number of carbonyl (C=O) groups is 1. The summed E-state index contributed by atoms with van der Waals surface area (Å²) in [5.41, 5.74) is 7.94. The van der Waals surface area contributed by atoms with Crippen molar-refractivity contribution >= 4 is 33.1 Å². The van der Waals surface area contributed by atoms with E-state index in [2.05, 4.69) is 10.3 Å². The van der Waals surface area contributed by atoms with E-state index >= 15 is 0 Å². The molecular weight excluding hydrogens is 439 g/mol. The van der Waals surface area contributed by atoms with Crippen molar-refractivity contribution in [3.63, 3.8) is 0 Å². The summed E-state index contributed by atoms with van der Waals surface area (Å²) < 4.78 is 43.2. The lowest BCUT2D eigenvalue weighted by molar-refractivity contribution is -0.137. The highest BCUT2D eigenvalue weighted by Crippen LogP contribution is 2.34. The van der Waals surface area contributed by atoms with E-state index < -0.39 is 17.6 Å². The first-order chi connectivity index (χ1) is 15.3. The van der Waals surface area contributed by atoms with Crippen LogP contribution >= 0.6 is 11.3 Å². The molecule has 0 bridgehead atoms. The van der Waals surface area contributed by atoms with Crippen LogP contribution in [0, 0.1) is 0 Å². The number of carbonyl (C=O) groups excluding carboxylic acids is 1. The molecule has 32 heavy (non-hydrogen) atoms. The predicted molar refractivity (Wildman–Crippen MR) is 119 cm³/mol. The SMILES string of the molecule is COc1ccc(-c2ccc3c(N)c(C(=O)NCc4ccc(C(F)(F)F)cc4)sc3n2)cc1. The number of benzene rings is 2. The number of fused-ring (bicyclic) bond motifs is 1. The molecule has 0 aliphatic carbocycles. The van der Waals surface area contributed by atoms with Crippen LogP contribution < -0.4 is 15.8 Å². The fraction of sp³-hybridized carbons (Fsp3) is 0.130. The highest BCUT2D eigenvalue weighted by Gasteiger charge is 2.30. The zero-order chi connectivity index (χ0) is 22.9. The first-order valence-corrected chi connectivity index (χ1v) is 10.4. The van der Waals surface area contributed by atoms with Gasteiger partial charge in [0, 0.05) is 17.5 Å². The minimum atomic E-state index is -4.40. The smallest absolute Gasteiger partial charge is 0.416 e. The van der Waals surface area contributed by atoms with Crippen LogP contribution in [-0.4, -0.2) is 18.0 Å². The molecule has 1 amide bonds. The Hall–Kier alpha value is -3.59. The molecule has 9 heteroatoms. The molecule has 164 valence electrons. The van der Waals surface area contributed by atoms with Crippen LogP contribution in [0.5, 0.6) is 5.75 Å². The van der Waals surface area contributed by atoms with E-state index in [1.165, 1.54) is 23.5 Å². The molecule has 0 aliphatic rings. The van der Waals surface area contributed by atoms with E-state index in [1.807, 2.05) is 36.4 Å². The van der Waals surface area contributed by atoms with Crippen LogP contribution in [0.2, 0.25) is 0 Å². The number of aromatic nitrogens is 1. The van der Waals surface area contributed by atoms with Crippen LogP contribution in [-0.2, 0) is 12.7 Å². The van der Waals surface area contributed by atoms with E-state index in [0.29, 0.717) is 26.3 Å². The van der Waals surface area contributed by atoms with E-state index in [1.54, 1.807) is 7.11 Å². The second kappa shape index (κ2) is 8.51. The largest absolute Gasteiger partial charge is 0.497 e. The average Bonchev–Trinajstić information content (AvgIpc) is 3.13. The Labute approximate surface area is 185 Å². The molecule has 0 atom stereocenters. The molecule has 4 aromatic rings. The van der Waals surface area contributed by atoms with Crippen molar-refractivity contribution in [3.8, 4) is 17.0 Å². The van der Waals surface area contributed by atoms with Gasteiger partial charge < -0.3 is 15.8 Å². The standard InChI is InChI=1S/C23H18F3N3O2S/c1-31-16-8-4-14(5-9-16)18-11-10-17-19(27)20(32-22(17)29-18)21(30)28-12-13-2-6-15(7-3-13)23(24,25)26/h2-11H,12,27H2,1H3,(H,28,30). The van der Waals surface area contributed by atoms with Gasteiger partial charge in [-0.15, -0.1) is 11.3 Å². The summed E-state index contributed by atoms with van der Waals surface area (Å²) in [6.07, 6.45) is -4.40. The Morgan fingerprint density at radius 1 is 1.06 bits per heavy atom. The van der Waals surface area contributed by atoms with Crippen molar-refractivity contribution in [1.29, 1.82) is 0 Å². The molecule has 4 rings (SSSR count). The maximum absolute atomic E-state index is 12.7. The van der Waals surface area contributed by atoms with Crippen LogP contribution in [0.15, 0.2) is 60.7 Å². The number of methoxy groups -OCH3 is 1. The minimum Gasteiger partial charge on any atom is -0.497 e. The lowest BCUT2D eigenvalue weighted by Crippen LogP contribution is -2.22. The molecule has 2 aromatic heterocycles. The molecule has 0 fully saturated rings. The molecule has 2 aromatic carbocycles. The van der Waals surface area contributed by atoms with Crippen molar-refractivity contribution in [2.45, 2.75) is 12.7 Å². The number of hydrogen-bond donors (Lipinski definition) is 2. The van der Waals surface area contributed by atoms with E-state index in [-0.39, 0.29) is 6.54 Å². The van der Waals surface area contributed by atoms with Gasteiger partial charge in [-0.1, -0.05) is 12.1 Å². The maximum atomic E-state index is 12.7. The van der Waals surface area contributed by atoms with Crippen molar-refractivity contribution < 1.29 is 22.7 Å². The number of pyridine rings is 1. The van der Waals surface area contributed by atoms with Gasteiger partial charge >= 0.3 is 6.18 Å². The van der Waals surface area contributed by atoms with Gasteiger partial charge in [0.1, 0.15) is 15.5 Å². The molecule has 2 heterocycles. The predicted octanol–water partition coefficient (Wildman–Crippen LogP) is 5.50. The van der Waals surface area contributed by atoms with Gasteiger partial charge in [0.2, 0.25) is 0 Å². The van der Waals surface area contributed by atoms with E-state index in [4.69, 9.17) is 10.5 Å². The number of ether oxygens (including phenoxy) is 1. The summed E-state index contributed by atoms with van der Waals surface area (Å²) >= 11 is 1.17.